The van der Waals surface area contributed by atoms with Crippen molar-refractivity contribution >= 4 is 21.7 Å². The summed E-state index contributed by atoms with van der Waals surface area (Å²) in [5, 5.41) is 2.87. The van der Waals surface area contributed by atoms with Crippen LogP contribution in [0.2, 0.25) is 0 Å². The third kappa shape index (κ3) is 6.40. The van der Waals surface area contributed by atoms with Gasteiger partial charge in [0, 0.05) is 25.8 Å². The number of rotatable bonds is 10. The largest absolute Gasteiger partial charge is 0.491 e. The number of amides is 1. The molecule has 0 radical (unpaired) electrons. The van der Waals surface area contributed by atoms with Crippen LogP contribution in [0.3, 0.4) is 0 Å². The maximum atomic E-state index is 13.2. The number of methoxy groups -OCH3 is 1. The van der Waals surface area contributed by atoms with Gasteiger partial charge in [-0.15, -0.1) is 0 Å². The zero-order valence-electron chi connectivity index (χ0n) is 19.0. The molecule has 1 amide bonds. The average molecular weight is 475 g/mol. The second-order valence-corrected chi connectivity index (χ2v) is 9.80. The minimum atomic E-state index is -3.86. The van der Waals surface area contributed by atoms with Crippen molar-refractivity contribution in [1.29, 1.82) is 0 Å². The Morgan fingerprint density at radius 3 is 2.36 bits per heavy atom. The number of ketones is 1. The van der Waals surface area contributed by atoms with Crippen molar-refractivity contribution in [3.63, 3.8) is 0 Å². The molecule has 9 heteroatoms. The van der Waals surface area contributed by atoms with Crippen LogP contribution in [0.15, 0.2) is 53.4 Å². The van der Waals surface area contributed by atoms with Crippen molar-refractivity contribution in [3.05, 3.63) is 59.7 Å². The molecule has 1 N–H and O–H groups in total. The number of ether oxygens (including phenoxy) is 2. The Hall–Kier alpha value is -2.75. The maximum Gasteiger partial charge on any atom is 0.243 e. The summed E-state index contributed by atoms with van der Waals surface area (Å²) in [7, 11) is -2.25. The lowest BCUT2D eigenvalue weighted by atomic mass is 10.0. The number of hydrogen-bond acceptors (Lipinski definition) is 6. The van der Waals surface area contributed by atoms with Gasteiger partial charge in [0.1, 0.15) is 18.4 Å². The molecule has 0 aromatic heterocycles. The predicted molar refractivity (Wildman–Crippen MR) is 124 cm³/mol. The molecule has 1 atom stereocenters. The molecule has 1 unspecified atom stereocenters. The summed E-state index contributed by atoms with van der Waals surface area (Å²) in [5.41, 5.74) is 1.32. The number of hydrogen-bond donors (Lipinski definition) is 1. The smallest absolute Gasteiger partial charge is 0.243 e. The van der Waals surface area contributed by atoms with Crippen LogP contribution in [-0.4, -0.2) is 57.3 Å². The van der Waals surface area contributed by atoms with Gasteiger partial charge in [-0.3, -0.25) is 9.59 Å². The fourth-order valence-corrected chi connectivity index (χ4v) is 5.36. The van der Waals surface area contributed by atoms with E-state index in [2.05, 4.69) is 5.32 Å². The fraction of sp³-hybridized carbons (Fsp3) is 0.417. The zero-order valence-corrected chi connectivity index (χ0v) is 19.8. The van der Waals surface area contributed by atoms with Crippen molar-refractivity contribution in [1.82, 2.24) is 9.62 Å². The molecule has 1 aliphatic heterocycles. The van der Waals surface area contributed by atoms with Crippen LogP contribution in [0.1, 0.15) is 42.1 Å². The van der Waals surface area contributed by atoms with Gasteiger partial charge in [0.15, 0.2) is 5.78 Å². The summed E-state index contributed by atoms with van der Waals surface area (Å²) in [6, 6.07) is 12.4. The lowest BCUT2D eigenvalue weighted by Crippen LogP contribution is -2.51. The van der Waals surface area contributed by atoms with Crippen molar-refractivity contribution in [2.45, 2.75) is 43.7 Å². The predicted octanol–water partition coefficient (Wildman–Crippen LogP) is 2.77. The van der Waals surface area contributed by atoms with E-state index in [9.17, 15) is 18.0 Å². The number of carbonyl (C=O) groups is 2. The second-order valence-electron chi connectivity index (χ2n) is 7.91. The number of nitrogens with one attached hydrogen (secondary N) is 1. The first kappa shape index (κ1) is 24.9. The molecule has 1 aliphatic rings. The van der Waals surface area contributed by atoms with Crippen LogP contribution in [-0.2, 0) is 26.1 Å². The Labute approximate surface area is 194 Å². The Bertz CT molecular complexity index is 1050. The van der Waals surface area contributed by atoms with Crippen molar-refractivity contribution in [3.8, 4) is 5.75 Å². The monoisotopic (exact) mass is 474 g/mol. The van der Waals surface area contributed by atoms with Crippen LogP contribution < -0.4 is 10.1 Å². The molecule has 1 saturated heterocycles. The number of sulfonamides is 1. The summed E-state index contributed by atoms with van der Waals surface area (Å²) < 4.78 is 38.2. The van der Waals surface area contributed by atoms with Gasteiger partial charge in [0.05, 0.1) is 11.5 Å². The third-order valence-corrected chi connectivity index (χ3v) is 7.49. The van der Waals surface area contributed by atoms with E-state index < -0.39 is 16.1 Å². The highest BCUT2D eigenvalue weighted by atomic mass is 32.2. The highest BCUT2D eigenvalue weighted by molar-refractivity contribution is 7.89. The number of carbonyl (C=O) groups excluding carboxylic acids is 2. The van der Waals surface area contributed by atoms with Gasteiger partial charge in [-0.25, -0.2) is 8.42 Å². The maximum absolute atomic E-state index is 13.2. The third-order valence-electron chi connectivity index (χ3n) is 5.57. The van der Waals surface area contributed by atoms with Gasteiger partial charge in [-0.05, 0) is 49.6 Å². The second kappa shape index (κ2) is 11.4. The molecule has 1 heterocycles. The minimum absolute atomic E-state index is 0.0799. The average Bonchev–Trinajstić information content (AvgIpc) is 2.83. The van der Waals surface area contributed by atoms with Crippen LogP contribution >= 0.6 is 0 Å². The SMILES string of the molecule is COCCOc1ccc(CNC(=O)C2CCCCN2S(=O)(=O)c2ccc(C(C)=O)cc2)cc1. The van der Waals surface area contributed by atoms with Gasteiger partial charge in [0.25, 0.3) is 0 Å². The molecule has 1 fully saturated rings. The van der Waals surface area contributed by atoms with Gasteiger partial charge in [0.2, 0.25) is 15.9 Å². The Kier molecular flexibility index (Phi) is 8.60. The highest BCUT2D eigenvalue weighted by Crippen LogP contribution is 2.26. The first-order chi connectivity index (χ1) is 15.8. The van der Waals surface area contributed by atoms with E-state index >= 15 is 0 Å². The molecule has 0 aliphatic carbocycles. The zero-order chi connectivity index (χ0) is 23.8. The lowest BCUT2D eigenvalue weighted by Gasteiger charge is -2.33. The van der Waals surface area contributed by atoms with Crippen LogP contribution in [0.25, 0.3) is 0 Å². The molecular weight excluding hydrogens is 444 g/mol. The molecule has 0 bridgehead atoms. The molecule has 0 spiro atoms. The van der Waals surface area contributed by atoms with Crippen LogP contribution in [0, 0.1) is 0 Å². The lowest BCUT2D eigenvalue weighted by molar-refractivity contribution is -0.125. The number of nitrogens with zero attached hydrogens (tertiary/aromatic N) is 1. The van der Waals surface area contributed by atoms with Crippen molar-refractivity contribution in [2.24, 2.45) is 0 Å². The summed E-state index contributed by atoms with van der Waals surface area (Å²) in [6.45, 7) is 2.95. The quantitative estimate of drug-likeness (QED) is 0.420. The summed E-state index contributed by atoms with van der Waals surface area (Å²) >= 11 is 0. The summed E-state index contributed by atoms with van der Waals surface area (Å²) in [6.07, 6.45) is 1.93. The first-order valence-corrected chi connectivity index (χ1v) is 12.4. The van der Waals surface area contributed by atoms with E-state index in [4.69, 9.17) is 9.47 Å². The summed E-state index contributed by atoms with van der Waals surface area (Å²) in [5.74, 6) is 0.255. The molecule has 3 rings (SSSR count). The Morgan fingerprint density at radius 2 is 1.73 bits per heavy atom. The number of benzene rings is 2. The molecule has 33 heavy (non-hydrogen) atoms. The van der Waals surface area contributed by atoms with Crippen LogP contribution in [0.5, 0.6) is 5.75 Å². The minimum Gasteiger partial charge on any atom is -0.491 e. The molecule has 178 valence electrons. The standard InChI is InChI=1S/C24H30N2O6S/c1-18(27)20-8-12-22(13-9-20)33(29,30)26-14-4-3-5-23(26)24(28)25-17-19-6-10-21(11-7-19)32-16-15-31-2/h6-13,23H,3-5,14-17H2,1-2H3,(H,25,28). The molecule has 2 aromatic carbocycles. The van der Waals surface area contributed by atoms with Gasteiger partial charge in [-0.1, -0.05) is 30.7 Å². The van der Waals surface area contributed by atoms with E-state index in [1.54, 1.807) is 7.11 Å². The van der Waals surface area contributed by atoms with E-state index in [1.807, 2.05) is 24.3 Å². The van der Waals surface area contributed by atoms with Gasteiger partial charge in [-0.2, -0.15) is 4.31 Å². The summed E-state index contributed by atoms with van der Waals surface area (Å²) in [4.78, 5) is 24.5. The number of Topliss-reactive ketones (excluding diaryl/α,β-unsaturated/α-hetero) is 1. The highest BCUT2D eigenvalue weighted by Gasteiger charge is 2.37. The molecule has 0 saturated carbocycles. The van der Waals surface area contributed by atoms with Crippen molar-refractivity contribution in [2.75, 3.05) is 26.9 Å². The van der Waals surface area contributed by atoms with E-state index in [0.717, 1.165) is 12.0 Å². The molecule has 8 nitrogen and oxygen atoms in total. The van der Waals surface area contributed by atoms with E-state index in [0.29, 0.717) is 37.4 Å². The van der Waals surface area contributed by atoms with Gasteiger partial charge >= 0.3 is 0 Å². The van der Waals surface area contributed by atoms with Gasteiger partial charge < -0.3 is 14.8 Å². The Morgan fingerprint density at radius 1 is 1.03 bits per heavy atom. The van der Waals surface area contributed by atoms with E-state index in [1.165, 1.54) is 35.5 Å². The first-order valence-electron chi connectivity index (χ1n) is 10.9. The van der Waals surface area contributed by atoms with Crippen molar-refractivity contribution < 1.29 is 27.5 Å². The topological polar surface area (TPSA) is 102 Å². The molecule has 2 aromatic rings. The molecular formula is C24H30N2O6S. The number of piperidine rings is 1. The fourth-order valence-electron chi connectivity index (χ4n) is 3.71. The normalized spacial score (nSPS) is 16.8. The van der Waals surface area contributed by atoms with Crippen LogP contribution in [0.4, 0.5) is 0 Å². The van der Waals surface area contributed by atoms with E-state index in [-0.39, 0.29) is 29.7 Å². The Balaban J connectivity index is 1.65.